The molecule has 0 aromatic rings. The van der Waals surface area contributed by atoms with Gasteiger partial charge in [0.05, 0.1) is 0 Å². The fourth-order valence-electron chi connectivity index (χ4n) is 2.54. The van der Waals surface area contributed by atoms with Gasteiger partial charge in [-0.2, -0.15) is 0 Å². The second kappa shape index (κ2) is 11.0. The summed E-state index contributed by atoms with van der Waals surface area (Å²) in [5.41, 5.74) is 9.49. The molecule has 6 nitrogen and oxygen atoms in total. The van der Waals surface area contributed by atoms with E-state index >= 15 is 0 Å². The predicted molar refractivity (Wildman–Crippen MR) is 105 cm³/mol. The Morgan fingerprint density at radius 2 is 1.88 bits per heavy atom. The Hall–Kier alpha value is -1.82. The summed E-state index contributed by atoms with van der Waals surface area (Å²) in [5, 5.41) is 7.42. The van der Waals surface area contributed by atoms with Gasteiger partial charge in [-0.25, -0.2) is 4.79 Å². The minimum Gasteiger partial charge on any atom is -0.481 e. The molecule has 0 saturated carbocycles. The summed E-state index contributed by atoms with van der Waals surface area (Å²) in [4.78, 5) is 22.6. The fraction of sp³-hybridized carbons (Fsp3) is 0.700. The number of rotatable bonds is 5. The predicted octanol–water partition coefficient (Wildman–Crippen LogP) is 3.97. The van der Waals surface area contributed by atoms with Gasteiger partial charge in [0, 0.05) is 27.1 Å². The molecule has 1 aliphatic rings. The Labute approximate surface area is 158 Å². The van der Waals surface area contributed by atoms with E-state index in [0.717, 1.165) is 26.2 Å². The first kappa shape index (κ1) is 24.2. The average Bonchev–Trinajstić information content (AvgIpc) is 2.50. The van der Waals surface area contributed by atoms with Crippen LogP contribution in [0.5, 0.6) is 0 Å². The second-order valence-electron chi connectivity index (χ2n) is 7.84. The summed E-state index contributed by atoms with van der Waals surface area (Å²) in [7, 11) is 1.80. The fourth-order valence-corrected chi connectivity index (χ4v) is 2.54. The first-order valence-corrected chi connectivity index (χ1v) is 9.10. The van der Waals surface area contributed by atoms with Gasteiger partial charge < -0.3 is 20.5 Å². The molecule has 0 saturated heterocycles. The van der Waals surface area contributed by atoms with E-state index in [9.17, 15) is 4.79 Å². The van der Waals surface area contributed by atoms with Crippen molar-refractivity contribution in [2.45, 2.75) is 66.4 Å². The molecule has 0 aromatic heterocycles. The zero-order valence-corrected chi connectivity index (χ0v) is 17.4. The van der Waals surface area contributed by atoms with Crippen molar-refractivity contribution in [1.29, 1.82) is 0 Å². The van der Waals surface area contributed by atoms with Gasteiger partial charge >= 0.3 is 6.09 Å². The minimum atomic E-state index is -0.833. The van der Waals surface area contributed by atoms with E-state index in [1.165, 1.54) is 16.7 Å². The number of allylic oxidation sites excluding steroid dienone is 2. The molecule has 6 heteroatoms. The highest BCUT2D eigenvalue weighted by molar-refractivity contribution is 5.67. The summed E-state index contributed by atoms with van der Waals surface area (Å²) in [6, 6.07) is 0. The molecule has 0 spiro atoms. The standard InChI is InChI=1S/C18H32N2O2.C2H4O2/c1-13-7-8-15(11-16(13)12-19)14(2)9-10-20(6)17(21)22-18(3,4)5;1-2(3)4/h11,14H,7-10,12,19H2,1-6H3;1H3,(H,3,4). The smallest absolute Gasteiger partial charge is 0.410 e. The monoisotopic (exact) mass is 368 g/mol. The van der Waals surface area contributed by atoms with E-state index in [4.69, 9.17) is 20.4 Å². The number of carbonyl (C=O) groups is 2. The van der Waals surface area contributed by atoms with E-state index in [1.54, 1.807) is 11.9 Å². The van der Waals surface area contributed by atoms with Gasteiger partial charge in [0.15, 0.2) is 0 Å². The zero-order chi connectivity index (χ0) is 20.5. The lowest BCUT2D eigenvalue weighted by Crippen LogP contribution is -2.35. The van der Waals surface area contributed by atoms with Crippen molar-refractivity contribution >= 4 is 12.1 Å². The molecule has 1 amide bonds. The van der Waals surface area contributed by atoms with Crippen LogP contribution in [0.1, 0.15) is 60.8 Å². The van der Waals surface area contributed by atoms with Gasteiger partial charge in [0.25, 0.3) is 5.97 Å². The lowest BCUT2D eigenvalue weighted by molar-refractivity contribution is -0.134. The number of carboxylic acids is 1. The van der Waals surface area contributed by atoms with Gasteiger partial charge in [-0.3, -0.25) is 4.79 Å². The quantitative estimate of drug-likeness (QED) is 0.766. The van der Waals surface area contributed by atoms with E-state index in [-0.39, 0.29) is 6.09 Å². The molecule has 1 rings (SSSR count). The summed E-state index contributed by atoms with van der Waals surface area (Å²) in [6.07, 6.45) is 5.16. The van der Waals surface area contributed by atoms with Crippen LogP contribution in [0.2, 0.25) is 0 Å². The van der Waals surface area contributed by atoms with E-state index in [0.29, 0.717) is 19.0 Å². The lowest BCUT2D eigenvalue weighted by Gasteiger charge is -2.27. The molecular formula is C20H36N2O4. The first-order chi connectivity index (χ1) is 11.9. The van der Waals surface area contributed by atoms with Crippen molar-refractivity contribution in [3.63, 3.8) is 0 Å². The van der Waals surface area contributed by atoms with E-state index < -0.39 is 11.6 Å². The summed E-state index contributed by atoms with van der Waals surface area (Å²) >= 11 is 0. The largest absolute Gasteiger partial charge is 0.481 e. The average molecular weight is 369 g/mol. The molecule has 0 radical (unpaired) electrons. The number of ether oxygens (including phenoxy) is 1. The molecule has 1 unspecified atom stereocenters. The molecule has 3 N–H and O–H groups in total. The van der Waals surface area contributed by atoms with Crippen LogP contribution >= 0.6 is 0 Å². The molecule has 0 heterocycles. The summed E-state index contributed by atoms with van der Waals surface area (Å²) in [6.45, 7) is 12.4. The lowest BCUT2D eigenvalue weighted by atomic mass is 9.85. The third-order valence-electron chi connectivity index (χ3n) is 4.15. The Kier molecular flexibility index (Phi) is 10.2. The second-order valence-corrected chi connectivity index (χ2v) is 7.84. The first-order valence-electron chi connectivity index (χ1n) is 9.10. The van der Waals surface area contributed by atoms with Crippen molar-refractivity contribution in [2.24, 2.45) is 11.7 Å². The molecule has 150 valence electrons. The zero-order valence-electron chi connectivity index (χ0n) is 17.4. The van der Waals surface area contributed by atoms with Crippen LogP contribution in [-0.4, -0.2) is 47.8 Å². The van der Waals surface area contributed by atoms with E-state index in [2.05, 4.69) is 19.9 Å². The highest BCUT2D eigenvalue weighted by atomic mass is 16.6. The van der Waals surface area contributed by atoms with Crippen LogP contribution in [0.15, 0.2) is 22.8 Å². The number of amides is 1. The minimum absolute atomic E-state index is 0.254. The SMILES string of the molecule is CC(=O)O.CC1=C(CN)C=C(C(C)CCN(C)C(=O)OC(C)(C)C)CC1. The highest BCUT2D eigenvalue weighted by Gasteiger charge is 2.21. The van der Waals surface area contributed by atoms with Crippen molar-refractivity contribution < 1.29 is 19.4 Å². The molecule has 0 aromatic carbocycles. The van der Waals surface area contributed by atoms with Gasteiger partial charge in [-0.15, -0.1) is 0 Å². The Morgan fingerprint density at radius 1 is 1.35 bits per heavy atom. The highest BCUT2D eigenvalue weighted by Crippen LogP contribution is 2.29. The number of carboxylic acid groups (broad SMARTS) is 1. The maximum atomic E-state index is 12.0. The molecule has 26 heavy (non-hydrogen) atoms. The van der Waals surface area contributed by atoms with Crippen LogP contribution in [0, 0.1) is 5.92 Å². The Bertz CT molecular complexity index is 541. The van der Waals surface area contributed by atoms with Crippen LogP contribution in [0.4, 0.5) is 4.79 Å². The number of hydrogen-bond acceptors (Lipinski definition) is 4. The third-order valence-corrected chi connectivity index (χ3v) is 4.15. The Balaban J connectivity index is 0.00000141. The maximum absolute atomic E-state index is 12.0. The molecule has 0 aliphatic heterocycles. The topological polar surface area (TPSA) is 92.9 Å². The molecule has 0 fully saturated rings. The van der Waals surface area contributed by atoms with Gasteiger partial charge in [0.2, 0.25) is 0 Å². The summed E-state index contributed by atoms with van der Waals surface area (Å²) in [5.74, 6) is -0.375. The van der Waals surface area contributed by atoms with E-state index in [1.807, 2.05) is 20.8 Å². The number of carbonyl (C=O) groups excluding carboxylic acids is 1. The molecule has 1 aliphatic carbocycles. The van der Waals surface area contributed by atoms with Crippen LogP contribution < -0.4 is 5.73 Å². The summed E-state index contributed by atoms with van der Waals surface area (Å²) < 4.78 is 5.37. The molecule has 1 atom stereocenters. The van der Waals surface area contributed by atoms with Crippen LogP contribution in [-0.2, 0) is 9.53 Å². The number of nitrogens with two attached hydrogens (primary N) is 1. The van der Waals surface area contributed by atoms with Crippen LogP contribution in [0.25, 0.3) is 0 Å². The van der Waals surface area contributed by atoms with Crippen molar-refractivity contribution in [2.75, 3.05) is 20.1 Å². The van der Waals surface area contributed by atoms with Crippen molar-refractivity contribution in [3.8, 4) is 0 Å². The van der Waals surface area contributed by atoms with Gasteiger partial charge in [-0.1, -0.05) is 24.1 Å². The number of hydrogen-bond donors (Lipinski definition) is 2. The number of nitrogens with zero attached hydrogens (tertiary/aromatic N) is 1. The van der Waals surface area contributed by atoms with Gasteiger partial charge in [-0.05, 0) is 58.4 Å². The molecular weight excluding hydrogens is 332 g/mol. The Morgan fingerprint density at radius 3 is 2.35 bits per heavy atom. The normalized spacial score (nSPS) is 15.5. The van der Waals surface area contributed by atoms with Gasteiger partial charge in [0.1, 0.15) is 5.60 Å². The van der Waals surface area contributed by atoms with Crippen LogP contribution in [0.3, 0.4) is 0 Å². The third kappa shape index (κ3) is 10.2. The maximum Gasteiger partial charge on any atom is 0.410 e. The number of aliphatic carboxylic acids is 1. The van der Waals surface area contributed by atoms with Crippen molar-refractivity contribution in [3.05, 3.63) is 22.8 Å². The van der Waals surface area contributed by atoms with Crippen molar-refractivity contribution in [1.82, 2.24) is 4.90 Å². The molecule has 0 bridgehead atoms.